The molecule has 2 saturated heterocycles. The summed E-state index contributed by atoms with van der Waals surface area (Å²) < 4.78 is 42.1. The van der Waals surface area contributed by atoms with Gasteiger partial charge < -0.3 is 15.1 Å². The van der Waals surface area contributed by atoms with Crippen LogP contribution in [0.3, 0.4) is 0 Å². The fraction of sp³-hybridized carbons (Fsp3) is 0.524. The normalized spacial score (nSPS) is 19.5. The number of amidine groups is 1. The second-order valence-corrected chi connectivity index (χ2v) is 10.4. The van der Waals surface area contributed by atoms with Gasteiger partial charge in [-0.15, -0.1) is 5.10 Å². The van der Waals surface area contributed by atoms with Crippen molar-refractivity contribution in [2.75, 3.05) is 44.2 Å². The highest BCUT2D eigenvalue weighted by Crippen LogP contribution is 2.35. The van der Waals surface area contributed by atoms with Gasteiger partial charge in [0.15, 0.2) is 3.84 Å². The molecule has 0 aliphatic carbocycles. The van der Waals surface area contributed by atoms with Crippen molar-refractivity contribution < 1.29 is 22.8 Å². The summed E-state index contributed by atoms with van der Waals surface area (Å²) in [6, 6.07) is 3.81. The number of nitrogens with zero attached hydrogens (tertiary/aromatic N) is 5. The molecular formula is C21H26F3IN6O2. The zero-order chi connectivity index (χ0) is 23.6. The average molecular weight is 578 g/mol. The molecule has 3 heterocycles. The zero-order valence-corrected chi connectivity index (χ0v) is 20.4. The monoisotopic (exact) mass is 578 g/mol. The Morgan fingerprint density at radius 3 is 2.42 bits per heavy atom. The maximum absolute atomic E-state index is 13.3. The van der Waals surface area contributed by atoms with Crippen molar-refractivity contribution >= 4 is 46.3 Å². The number of carbonyl (C=O) groups is 2. The van der Waals surface area contributed by atoms with Crippen LogP contribution < -0.4 is 10.2 Å². The molecule has 0 unspecified atom stereocenters. The van der Waals surface area contributed by atoms with E-state index in [-0.39, 0.29) is 11.9 Å². The quantitative estimate of drug-likeness (QED) is 0.443. The molecule has 3 amide bonds. The Kier molecular flexibility index (Phi) is 7.22. The number of hydrazone groups is 1. The highest BCUT2D eigenvalue weighted by molar-refractivity contribution is 14.2. The van der Waals surface area contributed by atoms with E-state index in [1.165, 1.54) is 18.0 Å². The smallest absolute Gasteiger partial charge is 0.371 e. The first-order valence-corrected chi connectivity index (χ1v) is 13.1. The van der Waals surface area contributed by atoms with Crippen molar-refractivity contribution in [2.24, 2.45) is 5.10 Å². The first-order chi connectivity index (χ1) is 15.7. The van der Waals surface area contributed by atoms with Gasteiger partial charge in [0.25, 0.3) is 0 Å². The molecule has 8 nitrogen and oxygen atoms in total. The number of halogens is 4. The maximum atomic E-state index is 13.3. The lowest BCUT2D eigenvalue weighted by molar-refractivity contribution is -0.137. The van der Waals surface area contributed by atoms with Crippen molar-refractivity contribution in [3.05, 3.63) is 29.3 Å². The standard InChI is InChI=1S/C21H26F3IN6O2/c1-15(32)26-19-25-14-31(27-19)20(33)30-10-8-28(9-11-30)13-16-4-5-17(21(22,23)24)12-18(16)29-6-2-3-7-29/h4-5,12,14H,2-3,6-11,13H2,1H3,(H,26,27,32). The molecule has 3 aliphatic heterocycles. The minimum absolute atomic E-state index is 0.207. The van der Waals surface area contributed by atoms with Crippen LogP contribution >= 0.6 is 20.7 Å². The lowest BCUT2D eigenvalue weighted by atomic mass is 10.1. The van der Waals surface area contributed by atoms with Crippen molar-refractivity contribution in [1.29, 1.82) is 0 Å². The minimum Gasteiger partial charge on any atom is -0.371 e. The van der Waals surface area contributed by atoms with Crippen LogP contribution in [0.2, 0.25) is 0 Å². The third-order valence-electron chi connectivity index (χ3n) is 5.81. The molecule has 0 bridgehead atoms. The summed E-state index contributed by atoms with van der Waals surface area (Å²) in [5.41, 5.74) is 0.926. The highest BCUT2D eigenvalue weighted by Gasteiger charge is 2.32. The third kappa shape index (κ3) is 5.83. The van der Waals surface area contributed by atoms with Gasteiger partial charge in [0.05, 0.1) is 9.70 Å². The lowest BCUT2D eigenvalue weighted by Gasteiger charge is -2.36. The molecule has 4 rings (SSSR count). The molecule has 180 valence electrons. The van der Waals surface area contributed by atoms with E-state index in [1.807, 2.05) is 4.90 Å². The lowest BCUT2D eigenvalue weighted by Crippen LogP contribution is -2.51. The van der Waals surface area contributed by atoms with Gasteiger partial charge in [-0.3, -0.25) is 9.69 Å². The summed E-state index contributed by atoms with van der Waals surface area (Å²) >= 11 is -0.641. The largest absolute Gasteiger partial charge is 0.416 e. The number of rotatable bonds is 3. The predicted octanol–water partition coefficient (Wildman–Crippen LogP) is 3.00. The molecule has 0 atom stereocenters. The van der Waals surface area contributed by atoms with Crippen LogP contribution in [-0.4, -0.2) is 74.0 Å². The second kappa shape index (κ2) is 9.95. The second-order valence-electron chi connectivity index (χ2n) is 8.20. The predicted molar refractivity (Wildman–Crippen MR) is 128 cm³/mol. The van der Waals surface area contributed by atoms with Gasteiger partial charge in [-0.25, -0.2) is 4.79 Å². The molecule has 0 aromatic heterocycles. The number of carbonyl (C=O) groups excluding carboxylic acids is 2. The number of hydrogen-bond donors (Lipinski definition) is 1. The minimum atomic E-state index is -4.36. The number of anilines is 1. The van der Waals surface area contributed by atoms with E-state index in [4.69, 9.17) is 0 Å². The molecule has 12 heteroatoms. The van der Waals surface area contributed by atoms with Gasteiger partial charge in [0, 0.05) is 58.4 Å². The van der Waals surface area contributed by atoms with Crippen molar-refractivity contribution in [1.82, 2.24) is 20.1 Å². The Morgan fingerprint density at radius 2 is 1.79 bits per heavy atom. The van der Waals surface area contributed by atoms with Crippen LogP contribution in [0.1, 0.15) is 30.9 Å². The van der Waals surface area contributed by atoms with E-state index >= 15 is 0 Å². The Morgan fingerprint density at radius 1 is 1.09 bits per heavy atom. The Bertz CT molecular complexity index is 969. The summed E-state index contributed by atoms with van der Waals surface area (Å²) in [7, 11) is 0. The number of urea groups is 1. The van der Waals surface area contributed by atoms with Gasteiger partial charge in [-0.05, 0) is 51.3 Å². The summed E-state index contributed by atoms with van der Waals surface area (Å²) in [4.78, 5) is 29.8. The molecule has 1 aromatic rings. The number of hydrogen-bond acceptors (Lipinski definition) is 5. The van der Waals surface area contributed by atoms with Crippen LogP contribution in [0.15, 0.2) is 23.3 Å². The van der Waals surface area contributed by atoms with Crippen LogP contribution in [0.4, 0.5) is 23.7 Å². The van der Waals surface area contributed by atoms with E-state index < -0.39 is 32.5 Å². The van der Waals surface area contributed by atoms with Crippen molar-refractivity contribution in [2.45, 2.75) is 32.5 Å². The highest BCUT2D eigenvalue weighted by atomic mass is 127. The molecule has 33 heavy (non-hydrogen) atoms. The summed E-state index contributed by atoms with van der Waals surface area (Å²) in [6.07, 6.45) is -2.40. The van der Waals surface area contributed by atoms with Gasteiger partial charge in [-0.2, -0.15) is 18.2 Å². The first kappa shape index (κ1) is 23.9. The van der Waals surface area contributed by atoms with E-state index in [2.05, 4.69) is 15.3 Å². The molecular weight excluding hydrogens is 552 g/mol. The van der Waals surface area contributed by atoms with Crippen LogP contribution in [0.25, 0.3) is 0 Å². The molecule has 3 aliphatic rings. The first-order valence-electron chi connectivity index (χ1n) is 10.8. The third-order valence-corrected chi connectivity index (χ3v) is 7.69. The summed E-state index contributed by atoms with van der Waals surface area (Å²) in [5.74, 6) is -0.207. The molecule has 1 N–H and O–H groups in total. The van der Waals surface area contributed by atoms with E-state index in [0.717, 1.165) is 37.6 Å². The van der Waals surface area contributed by atoms with E-state index in [0.29, 0.717) is 42.3 Å². The number of amides is 3. The fourth-order valence-corrected chi connectivity index (χ4v) is 5.91. The molecule has 1 aromatic carbocycles. The van der Waals surface area contributed by atoms with Gasteiger partial charge in [0.1, 0.15) is 0 Å². The molecule has 0 saturated carbocycles. The summed E-state index contributed by atoms with van der Waals surface area (Å²) in [5, 5.41) is 8.12. The Labute approximate surface area is 200 Å². The van der Waals surface area contributed by atoms with Crippen LogP contribution in [0.5, 0.6) is 0 Å². The van der Waals surface area contributed by atoms with Crippen LogP contribution in [-0.2, 0) is 17.5 Å². The maximum Gasteiger partial charge on any atom is 0.416 e. The zero-order valence-electron chi connectivity index (χ0n) is 18.2. The topological polar surface area (TPSA) is 71.5 Å². The Hall–Kier alpha value is -2.22. The van der Waals surface area contributed by atoms with Crippen molar-refractivity contribution in [3.63, 3.8) is 0 Å². The Balaban J connectivity index is 1.38. The molecule has 0 radical (unpaired) electrons. The SMILES string of the molecule is CC(=O)NC1=NN(C(=O)N2CCN(Cc3ccc(C(F)(F)F)cc3N3CCCC3)CC2)C=I1. The van der Waals surface area contributed by atoms with Gasteiger partial charge in [-0.1, -0.05) is 6.07 Å². The van der Waals surface area contributed by atoms with Gasteiger partial charge >= 0.3 is 12.2 Å². The number of benzene rings is 1. The summed E-state index contributed by atoms with van der Waals surface area (Å²) in [6.45, 7) is 5.74. The molecule has 2 fully saturated rings. The number of piperazine rings is 1. The van der Waals surface area contributed by atoms with Gasteiger partial charge in [0.2, 0.25) is 5.91 Å². The van der Waals surface area contributed by atoms with Crippen molar-refractivity contribution in [3.8, 4) is 0 Å². The number of alkyl halides is 3. The molecule has 0 spiro atoms. The fourth-order valence-electron chi connectivity index (χ4n) is 4.12. The van der Waals surface area contributed by atoms with E-state index in [1.54, 1.807) is 15.1 Å². The van der Waals surface area contributed by atoms with E-state index in [9.17, 15) is 22.8 Å². The number of nitrogens with one attached hydrogen (secondary N) is 1. The van der Waals surface area contributed by atoms with Crippen LogP contribution in [0, 0.1) is 0 Å². The average Bonchev–Trinajstić information content (AvgIpc) is 3.45.